The molecule has 3 nitrogen and oxygen atoms in total. The van der Waals surface area contributed by atoms with Gasteiger partial charge in [0, 0.05) is 13.2 Å². The van der Waals surface area contributed by atoms with E-state index >= 15 is 0 Å². The molecule has 0 bridgehead atoms. The van der Waals surface area contributed by atoms with Gasteiger partial charge in [0.05, 0.1) is 19.8 Å². The lowest BCUT2D eigenvalue weighted by atomic mass is 10.1. The van der Waals surface area contributed by atoms with E-state index in [0.29, 0.717) is 19.8 Å². The second-order valence-electron chi connectivity index (χ2n) is 14.4. The lowest BCUT2D eigenvalue weighted by molar-refractivity contribution is -0.0645. The van der Waals surface area contributed by atoms with Crippen molar-refractivity contribution in [3.8, 4) is 0 Å². The standard InChI is InChI=1S/C46H82O3/c1-3-5-7-9-11-13-15-17-19-21-23-25-27-29-31-36-40-47-43-46(44-48-42-45-38-34-33-35-39-45)49-41-37-32-30-28-26-24-22-20-18-16-14-12-10-8-6-4-2/h17-20,33-35,38-39,46H,3-16,21-32,36-37,40-44H2,1-2H3/b19-17-,20-18-. The van der Waals surface area contributed by atoms with Gasteiger partial charge in [-0.1, -0.05) is 184 Å². The summed E-state index contributed by atoms with van der Waals surface area (Å²) < 4.78 is 18.4. The van der Waals surface area contributed by atoms with Crippen LogP contribution < -0.4 is 0 Å². The fourth-order valence-electron chi connectivity index (χ4n) is 6.29. The quantitative estimate of drug-likeness (QED) is 0.0511. The Hall–Kier alpha value is -1.42. The summed E-state index contributed by atoms with van der Waals surface area (Å²) in [5, 5.41) is 0. The summed E-state index contributed by atoms with van der Waals surface area (Å²) in [5.41, 5.74) is 1.21. The van der Waals surface area contributed by atoms with Crippen molar-refractivity contribution in [3.63, 3.8) is 0 Å². The lowest BCUT2D eigenvalue weighted by Crippen LogP contribution is -2.26. The molecule has 0 aromatic heterocycles. The van der Waals surface area contributed by atoms with Gasteiger partial charge in [0.25, 0.3) is 0 Å². The molecule has 0 saturated heterocycles. The highest BCUT2D eigenvalue weighted by Crippen LogP contribution is 2.13. The monoisotopic (exact) mass is 683 g/mol. The molecule has 0 saturated carbocycles. The van der Waals surface area contributed by atoms with Crippen molar-refractivity contribution in [3.05, 3.63) is 60.2 Å². The number of ether oxygens (including phenoxy) is 3. The molecule has 0 amide bonds. The zero-order valence-electron chi connectivity index (χ0n) is 32.8. The first kappa shape index (κ1) is 45.6. The van der Waals surface area contributed by atoms with Crippen LogP contribution in [-0.4, -0.2) is 32.5 Å². The SMILES string of the molecule is CCCCCCCC/C=C\CCCCCCCCOCC(COCc1ccccc1)OCCCCCCCC/C=C\CCCCCCCC. The molecule has 1 unspecified atom stereocenters. The highest BCUT2D eigenvalue weighted by Gasteiger charge is 2.10. The topological polar surface area (TPSA) is 27.7 Å². The third-order valence-corrected chi connectivity index (χ3v) is 9.53. The summed E-state index contributed by atoms with van der Waals surface area (Å²) >= 11 is 0. The van der Waals surface area contributed by atoms with Crippen molar-refractivity contribution in [2.24, 2.45) is 0 Å². The summed E-state index contributed by atoms with van der Waals surface area (Å²) in [7, 11) is 0. The van der Waals surface area contributed by atoms with Crippen LogP contribution in [-0.2, 0) is 20.8 Å². The predicted molar refractivity (Wildman–Crippen MR) is 216 cm³/mol. The first-order valence-electron chi connectivity index (χ1n) is 21.5. The van der Waals surface area contributed by atoms with Crippen LogP contribution in [0.15, 0.2) is 54.6 Å². The van der Waals surface area contributed by atoms with Crippen LogP contribution in [0.5, 0.6) is 0 Å². The van der Waals surface area contributed by atoms with Crippen molar-refractivity contribution >= 4 is 0 Å². The van der Waals surface area contributed by atoms with E-state index in [4.69, 9.17) is 14.2 Å². The van der Waals surface area contributed by atoms with Gasteiger partial charge in [-0.25, -0.2) is 0 Å². The minimum Gasteiger partial charge on any atom is -0.379 e. The summed E-state index contributed by atoms with van der Waals surface area (Å²) in [6.07, 6.45) is 46.9. The van der Waals surface area contributed by atoms with Gasteiger partial charge < -0.3 is 14.2 Å². The minimum atomic E-state index is 0.0148. The van der Waals surface area contributed by atoms with Gasteiger partial charge in [0.1, 0.15) is 6.10 Å². The normalized spacial score (nSPS) is 12.5. The Bertz CT molecular complexity index is 804. The van der Waals surface area contributed by atoms with Crippen molar-refractivity contribution in [2.75, 3.05) is 26.4 Å². The van der Waals surface area contributed by atoms with E-state index in [2.05, 4.69) is 62.4 Å². The Labute approximate surface area is 306 Å². The van der Waals surface area contributed by atoms with E-state index in [1.165, 1.54) is 173 Å². The third kappa shape index (κ3) is 34.8. The summed E-state index contributed by atoms with van der Waals surface area (Å²) in [4.78, 5) is 0. The molecule has 0 aliphatic carbocycles. The van der Waals surface area contributed by atoms with E-state index in [-0.39, 0.29) is 6.10 Å². The van der Waals surface area contributed by atoms with Gasteiger partial charge in [0.2, 0.25) is 0 Å². The Kier molecular flexibility index (Phi) is 36.6. The van der Waals surface area contributed by atoms with Crippen molar-refractivity contribution < 1.29 is 14.2 Å². The summed E-state index contributed by atoms with van der Waals surface area (Å²) in [6.45, 7) is 8.06. The number of unbranched alkanes of at least 4 members (excludes halogenated alkanes) is 24. The minimum absolute atomic E-state index is 0.0148. The molecule has 0 aliphatic rings. The van der Waals surface area contributed by atoms with E-state index in [9.17, 15) is 0 Å². The first-order chi connectivity index (χ1) is 24.4. The smallest absolute Gasteiger partial charge is 0.104 e. The van der Waals surface area contributed by atoms with Crippen LogP contribution in [0.3, 0.4) is 0 Å². The van der Waals surface area contributed by atoms with Crippen molar-refractivity contribution in [1.82, 2.24) is 0 Å². The first-order valence-corrected chi connectivity index (χ1v) is 21.5. The zero-order valence-corrected chi connectivity index (χ0v) is 32.8. The Morgan fingerprint density at radius 3 is 1.29 bits per heavy atom. The van der Waals surface area contributed by atoms with Crippen LogP contribution in [0.4, 0.5) is 0 Å². The number of hydrogen-bond acceptors (Lipinski definition) is 3. The van der Waals surface area contributed by atoms with E-state index in [0.717, 1.165) is 26.1 Å². The van der Waals surface area contributed by atoms with E-state index in [1.807, 2.05) is 6.07 Å². The van der Waals surface area contributed by atoms with Gasteiger partial charge in [0.15, 0.2) is 0 Å². The molecular weight excluding hydrogens is 601 g/mol. The Morgan fingerprint density at radius 2 is 0.816 bits per heavy atom. The molecule has 0 N–H and O–H groups in total. The molecule has 1 aromatic rings. The molecule has 0 spiro atoms. The number of rotatable bonds is 39. The average Bonchev–Trinajstić information content (AvgIpc) is 3.12. The van der Waals surface area contributed by atoms with Gasteiger partial charge in [-0.05, 0) is 69.8 Å². The molecule has 0 fully saturated rings. The molecule has 1 aromatic carbocycles. The molecule has 1 atom stereocenters. The average molecular weight is 683 g/mol. The molecule has 0 radical (unpaired) electrons. The molecule has 49 heavy (non-hydrogen) atoms. The van der Waals surface area contributed by atoms with Gasteiger partial charge in [-0.2, -0.15) is 0 Å². The maximum absolute atomic E-state index is 6.27. The Balaban J connectivity index is 2.04. The fraction of sp³-hybridized carbons (Fsp3) is 0.783. The molecule has 3 heteroatoms. The largest absolute Gasteiger partial charge is 0.379 e. The molecule has 1 rings (SSSR count). The fourth-order valence-corrected chi connectivity index (χ4v) is 6.29. The number of benzene rings is 1. The van der Waals surface area contributed by atoms with Crippen molar-refractivity contribution in [1.29, 1.82) is 0 Å². The molecule has 284 valence electrons. The van der Waals surface area contributed by atoms with Gasteiger partial charge in [-0.3, -0.25) is 0 Å². The number of allylic oxidation sites excluding steroid dienone is 4. The van der Waals surface area contributed by atoms with Crippen LogP contribution in [0, 0.1) is 0 Å². The highest BCUT2D eigenvalue weighted by molar-refractivity contribution is 5.13. The maximum atomic E-state index is 6.27. The van der Waals surface area contributed by atoms with Crippen LogP contribution in [0.2, 0.25) is 0 Å². The van der Waals surface area contributed by atoms with Gasteiger partial charge >= 0.3 is 0 Å². The van der Waals surface area contributed by atoms with Gasteiger partial charge in [-0.15, -0.1) is 0 Å². The van der Waals surface area contributed by atoms with Crippen LogP contribution in [0.25, 0.3) is 0 Å². The zero-order chi connectivity index (χ0) is 35.0. The molecule has 0 heterocycles. The highest BCUT2D eigenvalue weighted by atomic mass is 16.6. The third-order valence-electron chi connectivity index (χ3n) is 9.53. The van der Waals surface area contributed by atoms with E-state index in [1.54, 1.807) is 0 Å². The predicted octanol–water partition coefficient (Wildman–Crippen LogP) is 14.7. The molecule has 0 aliphatic heterocycles. The summed E-state index contributed by atoms with van der Waals surface area (Å²) in [6, 6.07) is 10.4. The second-order valence-corrected chi connectivity index (χ2v) is 14.4. The molecular formula is C46H82O3. The second kappa shape index (κ2) is 39.4. The van der Waals surface area contributed by atoms with Crippen LogP contribution >= 0.6 is 0 Å². The number of hydrogen-bond donors (Lipinski definition) is 0. The lowest BCUT2D eigenvalue weighted by Gasteiger charge is -2.18. The summed E-state index contributed by atoms with van der Waals surface area (Å²) in [5.74, 6) is 0. The maximum Gasteiger partial charge on any atom is 0.104 e. The Morgan fingerprint density at radius 1 is 0.429 bits per heavy atom. The van der Waals surface area contributed by atoms with Crippen LogP contribution in [0.1, 0.15) is 199 Å². The van der Waals surface area contributed by atoms with Crippen molar-refractivity contribution in [2.45, 2.75) is 206 Å². The van der Waals surface area contributed by atoms with E-state index < -0.39 is 0 Å².